The van der Waals surface area contributed by atoms with Crippen molar-refractivity contribution in [2.45, 2.75) is 20.0 Å². The molecular formula is C27H28BrN3O5. The Balaban J connectivity index is 1.85. The number of carbonyl (C=O) groups is 2. The van der Waals surface area contributed by atoms with Gasteiger partial charge in [0.2, 0.25) is 5.91 Å². The zero-order chi connectivity index (χ0) is 26.3. The number of amides is 2. The number of hydrogen-bond acceptors (Lipinski definition) is 6. The fourth-order valence-corrected chi connectivity index (χ4v) is 3.73. The first kappa shape index (κ1) is 26.6. The SMILES string of the molecule is COc1ccc([C@H](OC(=O)Nc2ccc(Br)cc2)C(C)(C)/C=C/C(=O)Nc2ccccc2N)cc1O. The van der Waals surface area contributed by atoms with E-state index in [2.05, 4.69) is 26.6 Å². The Hall–Kier alpha value is -3.98. The minimum absolute atomic E-state index is 0.103. The number of nitrogens with two attached hydrogens (primary N) is 1. The molecule has 9 heteroatoms. The van der Waals surface area contributed by atoms with E-state index in [1.54, 1.807) is 66.7 Å². The number of ether oxygens (including phenoxy) is 2. The van der Waals surface area contributed by atoms with Gasteiger partial charge in [0.15, 0.2) is 11.5 Å². The number of rotatable bonds is 8. The molecule has 0 radical (unpaired) electrons. The summed E-state index contributed by atoms with van der Waals surface area (Å²) in [7, 11) is 1.44. The molecule has 36 heavy (non-hydrogen) atoms. The van der Waals surface area contributed by atoms with Crippen molar-refractivity contribution in [1.29, 1.82) is 0 Å². The Labute approximate surface area is 218 Å². The molecule has 0 aliphatic carbocycles. The molecule has 0 bridgehead atoms. The van der Waals surface area contributed by atoms with Crippen molar-refractivity contribution < 1.29 is 24.2 Å². The first-order valence-electron chi connectivity index (χ1n) is 11.0. The lowest BCUT2D eigenvalue weighted by Gasteiger charge is -2.32. The van der Waals surface area contributed by atoms with Crippen LogP contribution in [0.3, 0.4) is 0 Å². The van der Waals surface area contributed by atoms with Crippen LogP contribution in [-0.4, -0.2) is 24.2 Å². The molecule has 2 amide bonds. The number of methoxy groups -OCH3 is 1. The molecule has 0 spiro atoms. The van der Waals surface area contributed by atoms with E-state index in [1.165, 1.54) is 19.3 Å². The molecule has 3 aromatic carbocycles. The third-order valence-electron chi connectivity index (χ3n) is 5.38. The Bertz CT molecular complexity index is 1260. The van der Waals surface area contributed by atoms with Crippen LogP contribution in [0.1, 0.15) is 25.5 Å². The van der Waals surface area contributed by atoms with Crippen LogP contribution in [0.2, 0.25) is 0 Å². The molecule has 0 aliphatic heterocycles. The maximum Gasteiger partial charge on any atom is 0.412 e. The van der Waals surface area contributed by atoms with E-state index in [0.29, 0.717) is 22.6 Å². The molecule has 0 unspecified atom stereocenters. The number of phenols is 1. The van der Waals surface area contributed by atoms with Crippen molar-refractivity contribution in [3.8, 4) is 11.5 Å². The van der Waals surface area contributed by atoms with E-state index in [-0.39, 0.29) is 11.5 Å². The van der Waals surface area contributed by atoms with Crippen molar-refractivity contribution in [2.75, 3.05) is 23.5 Å². The zero-order valence-electron chi connectivity index (χ0n) is 20.1. The van der Waals surface area contributed by atoms with Gasteiger partial charge in [0.1, 0.15) is 6.10 Å². The molecule has 8 nitrogen and oxygen atoms in total. The Kier molecular flexibility index (Phi) is 8.60. The number of halogens is 1. The molecule has 0 fully saturated rings. The zero-order valence-corrected chi connectivity index (χ0v) is 21.7. The summed E-state index contributed by atoms with van der Waals surface area (Å²) in [5, 5.41) is 15.8. The minimum atomic E-state index is -0.865. The minimum Gasteiger partial charge on any atom is -0.504 e. The van der Waals surface area contributed by atoms with E-state index in [0.717, 1.165) is 4.47 Å². The Morgan fingerprint density at radius 2 is 1.75 bits per heavy atom. The number of phenolic OH excluding ortho intramolecular Hbond substituents is 1. The van der Waals surface area contributed by atoms with Gasteiger partial charge < -0.3 is 25.6 Å². The molecule has 0 heterocycles. The molecule has 0 saturated carbocycles. The quantitative estimate of drug-likeness (QED) is 0.193. The largest absolute Gasteiger partial charge is 0.504 e. The van der Waals surface area contributed by atoms with Crippen LogP contribution in [0.5, 0.6) is 11.5 Å². The molecule has 3 aromatic rings. The Morgan fingerprint density at radius 3 is 2.39 bits per heavy atom. The highest BCUT2D eigenvalue weighted by molar-refractivity contribution is 9.10. The first-order valence-corrected chi connectivity index (χ1v) is 11.8. The fourth-order valence-electron chi connectivity index (χ4n) is 3.47. The van der Waals surface area contributed by atoms with Crippen molar-refractivity contribution in [3.05, 3.63) is 88.9 Å². The van der Waals surface area contributed by atoms with Crippen LogP contribution in [-0.2, 0) is 9.53 Å². The summed E-state index contributed by atoms with van der Waals surface area (Å²) in [4.78, 5) is 25.4. The maximum absolute atomic E-state index is 12.8. The van der Waals surface area contributed by atoms with Gasteiger partial charge in [-0.2, -0.15) is 0 Å². The predicted octanol–water partition coefficient (Wildman–Crippen LogP) is 6.26. The Morgan fingerprint density at radius 1 is 1.06 bits per heavy atom. The van der Waals surface area contributed by atoms with Crippen LogP contribution < -0.4 is 21.1 Å². The van der Waals surface area contributed by atoms with Gasteiger partial charge in [-0.05, 0) is 60.2 Å². The summed E-state index contributed by atoms with van der Waals surface area (Å²) >= 11 is 3.36. The lowest BCUT2D eigenvalue weighted by molar-refractivity contribution is -0.112. The topological polar surface area (TPSA) is 123 Å². The number of nitrogen functional groups attached to an aromatic ring is 1. The summed E-state index contributed by atoms with van der Waals surface area (Å²) in [6.07, 6.45) is 1.44. The average molecular weight is 554 g/mol. The molecule has 0 aliphatic rings. The number of hydrogen-bond donors (Lipinski definition) is 4. The van der Waals surface area contributed by atoms with Crippen LogP contribution >= 0.6 is 15.9 Å². The molecular weight excluding hydrogens is 526 g/mol. The fraction of sp³-hybridized carbons (Fsp3) is 0.185. The van der Waals surface area contributed by atoms with Gasteiger partial charge in [0.25, 0.3) is 0 Å². The maximum atomic E-state index is 12.8. The third-order valence-corrected chi connectivity index (χ3v) is 5.91. The predicted molar refractivity (Wildman–Crippen MR) is 144 cm³/mol. The smallest absolute Gasteiger partial charge is 0.412 e. The second-order valence-corrected chi connectivity index (χ2v) is 9.50. The average Bonchev–Trinajstić information content (AvgIpc) is 2.84. The van der Waals surface area contributed by atoms with E-state index < -0.39 is 23.5 Å². The first-order chi connectivity index (χ1) is 17.1. The van der Waals surface area contributed by atoms with Crippen LogP contribution in [0, 0.1) is 5.41 Å². The van der Waals surface area contributed by atoms with E-state index >= 15 is 0 Å². The molecule has 188 valence electrons. The standard InChI is InChI=1S/C27H28BrN3O5/c1-27(2,15-14-24(33)31-21-7-5-4-6-20(21)29)25(17-8-13-23(35-3)22(32)16-17)36-26(34)30-19-11-9-18(28)10-12-19/h4-16,25,32H,29H2,1-3H3,(H,30,34)(H,31,33)/b15-14+/t25-/m0/s1. The van der Waals surface area contributed by atoms with Crippen LogP contribution in [0.25, 0.3) is 0 Å². The van der Waals surface area contributed by atoms with E-state index in [9.17, 15) is 14.7 Å². The highest BCUT2D eigenvalue weighted by atomic mass is 79.9. The van der Waals surface area contributed by atoms with Crippen molar-refractivity contribution >= 4 is 45.0 Å². The molecule has 1 atom stereocenters. The summed E-state index contributed by atoms with van der Waals surface area (Å²) in [5.74, 6) is -0.212. The van der Waals surface area contributed by atoms with Crippen LogP contribution in [0.4, 0.5) is 21.9 Å². The molecule has 5 N–H and O–H groups in total. The lowest BCUT2D eigenvalue weighted by Crippen LogP contribution is -2.28. The monoisotopic (exact) mass is 553 g/mol. The van der Waals surface area contributed by atoms with Gasteiger partial charge >= 0.3 is 6.09 Å². The van der Waals surface area contributed by atoms with Crippen LogP contribution in [0.15, 0.2) is 83.4 Å². The van der Waals surface area contributed by atoms with Gasteiger partial charge in [0, 0.05) is 15.6 Å². The normalized spacial score (nSPS) is 12.1. The second-order valence-electron chi connectivity index (χ2n) is 8.58. The summed E-state index contributed by atoms with van der Waals surface area (Å²) < 4.78 is 11.8. The number of nitrogens with one attached hydrogen (secondary N) is 2. The van der Waals surface area contributed by atoms with E-state index in [1.807, 2.05) is 13.8 Å². The molecule has 3 rings (SSSR count). The number of benzene rings is 3. The second kappa shape index (κ2) is 11.6. The number of carbonyl (C=O) groups excluding carboxylic acids is 2. The van der Waals surface area contributed by atoms with Crippen molar-refractivity contribution in [3.63, 3.8) is 0 Å². The number of aromatic hydroxyl groups is 1. The van der Waals surface area contributed by atoms with Crippen molar-refractivity contribution in [1.82, 2.24) is 0 Å². The molecule has 0 aromatic heterocycles. The molecule has 0 saturated heterocycles. The van der Waals surface area contributed by atoms with Gasteiger partial charge in [-0.25, -0.2) is 4.79 Å². The van der Waals surface area contributed by atoms with Gasteiger partial charge in [-0.3, -0.25) is 10.1 Å². The number of para-hydroxylation sites is 2. The number of anilines is 3. The highest BCUT2D eigenvalue weighted by Gasteiger charge is 2.33. The van der Waals surface area contributed by atoms with Gasteiger partial charge in [-0.1, -0.05) is 54.1 Å². The van der Waals surface area contributed by atoms with Gasteiger partial charge in [-0.15, -0.1) is 0 Å². The summed E-state index contributed by atoms with van der Waals surface area (Å²) in [5.41, 5.74) is 7.04. The summed E-state index contributed by atoms with van der Waals surface area (Å²) in [6.45, 7) is 3.62. The third kappa shape index (κ3) is 7.02. The van der Waals surface area contributed by atoms with Gasteiger partial charge in [0.05, 0.1) is 18.5 Å². The summed E-state index contributed by atoms with van der Waals surface area (Å²) in [6, 6.07) is 18.7. The van der Waals surface area contributed by atoms with E-state index in [4.69, 9.17) is 15.2 Å². The highest BCUT2D eigenvalue weighted by Crippen LogP contribution is 2.41. The van der Waals surface area contributed by atoms with Crippen molar-refractivity contribution in [2.24, 2.45) is 5.41 Å². The lowest BCUT2D eigenvalue weighted by atomic mass is 9.82.